The van der Waals surface area contributed by atoms with E-state index in [-0.39, 0.29) is 5.75 Å². The van der Waals surface area contributed by atoms with Gasteiger partial charge in [0, 0.05) is 6.42 Å². The van der Waals surface area contributed by atoms with Crippen molar-refractivity contribution in [3.8, 4) is 5.69 Å². The SMILES string of the molecule is CCCc1nnc(SCC(=O)O)n1-c1ccccc1C. The van der Waals surface area contributed by atoms with E-state index >= 15 is 0 Å². The van der Waals surface area contributed by atoms with Crippen molar-refractivity contribution < 1.29 is 9.90 Å². The molecule has 0 amide bonds. The first-order valence-electron chi connectivity index (χ1n) is 6.48. The minimum Gasteiger partial charge on any atom is -0.481 e. The average Bonchev–Trinajstić information content (AvgIpc) is 2.80. The molecule has 6 heteroatoms. The van der Waals surface area contributed by atoms with Gasteiger partial charge in [-0.1, -0.05) is 36.9 Å². The Morgan fingerprint density at radius 1 is 1.35 bits per heavy atom. The van der Waals surface area contributed by atoms with Crippen molar-refractivity contribution >= 4 is 17.7 Å². The fourth-order valence-corrected chi connectivity index (χ4v) is 2.65. The van der Waals surface area contributed by atoms with E-state index in [0.717, 1.165) is 29.9 Å². The third-order valence-corrected chi connectivity index (χ3v) is 3.77. The van der Waals surface area contributed by atoms with Crippen LogP contribution in [0.2, 0.25) is 0 Å². The highest BCUT2D eigenvalue weighted by Crippen LogP contribution is 2.24. The van der Waals surface area contributed by atoms with E-state index in [1.54, 1.807) is 0 Å². The number of carboxylic acid groups (broad SMARTS) is 1. The number of hydrogen-bond acceptors (Lipinski definition) is 4. The van der Waals surface area contributed by atoms with E-state index in [0.29, 0.717) is 5.16 Å². The van der Waals surface area contributed by atoms with Crippen LogP contribution >= 0.6 is 11.8 Å². The zero-order valence-electron chi connectivity index (χ0n) is 11.5. The summed E-state index contributed by atoms with van der Waals surface area (Å²) in [6, 6.07) is 7.97. The van der Waals surface area contributed by atoms with Crippen LogP contribution < -0.4 is 0 Å². The fraction of sp³-hybridized carbons (Fsp3) is 0.357. The zero-order valence-corrected chi connectivity index (χ0v) is 12.4. The molecule has 2 aromatic rings. The van der Waals surface area contributed by atoms with Gasteiger partial charge in [-0.05, 0) is 25.0 Å². The number of nitrogens with zero attached hydrogens (tertiary/aromatic N) is 3. The Kier molecular flexibility index (Phi) is 4.79. The molecule has 106 valence electrons. The zero-order chi connectivity index (χ0) is 14.5. The van der Waals surface area contributed by atoms with E-state index in [9.17, 15) is 4.79 Å². The molecule has 0 radical (unpaired) electrons. The first kappa shape index (κ1) is 14.6. The summed E-state index contributed by atoms with van der Waals surface area (Å²) < 4.78 is 1.96. The van der Waals surface area contributed by atoms with Crippen molar-refractivity contribution in [2.24, 2.45) is 0 Å². The molecular formula is C14H17N3O2S. The van der Waals surface area contributed by atoms with Gasteiger partial charge in [0.05, 0.1) is 11.4 Å². The summed E-state index contributed by atoms with van der Waals surface area (Å²) in [6.07, 6.45) is 1.78. The van der Waals surface area contributed by atoms with Crippen LogP contribution in [0, 0.1) is 6.92 Å². The first-order chi connectivity index (χ1) is 9.63. The van der Waals surface area contributed by atoms with Gasteiger partial charge in [-0.15, -0.1) is 10.2 Å². The average molecular weight is 291 g/mol. The van der Waals surface area contributed by atoms with Crippen molar-refractivity contribution in [1.29, 1.82) is 0 Å². The van der Waals surface area contributed by atoms with Crippen LogP contribution in [0.25, 0.3) is 5.69 Å². The highest BCUT2D eigenvalue weighted by molar-refractivity contribution is 7.99. The predicted octanol–water partition coefficient (Wildman–Crippen LogP) is 2.70. The van der Waals surface area contributed by atoms with E-state index in [1.165, 1.54) is 11.8 Å². The summed E-state index contributed by atoms with van der Waals surface area (Å²) in [5.41, 5.74) is 2.12. The number of para-hydroxylation sites is 1. The Morgan fingerprint density at radius 2 is 2.10 bits per heavy atom. The predicted molar refractivity (Wildman–Crippen MR) is 78.5 cm³/mol. The van der Waals surface area contributed by atoms with Gasteiger partial charge in [0.25, 0.3) is 0 Å². The van der Waals surface area contributed by atoms with Crippen LogP contribution in [0.4, 0.5) is 0 Å². The Morgan fingerprint density at radius 3 is 2.75 bits per heavy atom. The number of carboxylic acids is 1. The van der Waals surface area contributed by atoms with Crippen molar-refractivity contribution in [3.63, 3.8) is 0 Å². The molecule has 2 rings (SSSR count). The molecule has 0 fully saturated rings. The standard InChI is InChI=1S/C14H17N3O2S/c1-3-6-12-15-16-14(20-9-13(18)19)17(12)11-8-5-4-7-10(11)2/h4-5,7-8H,3,6,9H2,1-2H3,(H,18,19). The van der Waals surface area contributed by atoms with Gasteiger partial charge in [-0.2, -0.15) is 0 Å². The number of thioether (sulfide) groups is 1. The molecule has 0 spiro atoms. The van der Waals surface area contributed by atoms with Gasteiger partial charge < -0.3 is 5.11 Å². The molecule has 0 aliphatic carbocycles. The minimum absolute atomic E-state index is 0.0177. The molecule has 5 nitrogen and oxygen atoms in total. The molecule has 20 heavy (non-hydrogen) atoms. The second kappa shape index (κ2) is 6.56. The highest BCUT2D eigenvalue weighted by atomic mass is 32.2. The molecule has 1 aromatic heterocycles. The van der Waals surface area contributed by atoms with Crippen LogP contribution in [0.3, 0.4) is 0 Å². The number of aliphatic carboxylic acids is 1. The Labute approximate surface area is 122 Å². The fourth-order valence-electron chi connectivity index (χ4n) is 1.96. The van der Waals surface area contributed by atoms with Crippen molar-refractivity contribution in [3.05, 3.63) is 35.7 Å². The van der Waals surface area contributed by atoms with E-state index in [4.69, 9.17) is 5.11 Å². The van der Waals surface area contributed by atoms with Gasteiger partial charge in [-0.3, -0.25) is 9.36 Å². The normalized spacial score (nSPS) is 10.7. The largest absolute Gasteiger partial charge is 0.481 e. The van der Waals surface area contributed by atoms with Crippen molar-refractivity contribution in [2.75, 3.05) is 5.75 Å². The Balaban J connectivity index is 2.44. The number of rotatable bonds is 6. The lowest BCUT2D eigenvalue weighted by Gasteiger charge is -2.11. The summed E-state index contributed by atoms with van der Waals surface area (Å²) in [5.74, 6) is -0.00284. The number of aromatic nitrogens is 3. The molecule has 1 N–H and O–H groups in total. The summed E-state index contributed by atoms with van der Waals surface area (Å²) in [7, 11) is 0. The third-order valence-electron chi connectivity index (χ3n) is 2.86. The smallest absolute Gasteiger partial charge is 0.313 e. The molecule has 0 aliphatic heterocycles. The van der Waals surface area contributed by atoms with E-state index in [1.807, 2.05) is 35.8 Å². The monoisotopic (exact) mass is 291 g/mol. The minimum atomic E-state index is -0.855. The lowest BCUT2D eigenvalue weighted by Crippen LogP contribution is -2.06. The lowest BCUT2D eigenvalue weighted by molar-refractivity contribution is -0.133. The van der Waals surface area contributed by atoms with Crippen LogP contribution in [0.5, 0.6) is 0 Å². The van der Waals surface area contributed by atoms with Gasteiger partial charge >= 0.3 is 5.97 Å². The summed E-state index contributed by atoms with van der Waals surface area (Å²) in [5, 5.41) is 17.8. The molecule has 0 saturated heterocycles. The maximum atomic E-state index is 10.7. The molecule has 0 saturated carbocycles. The number of carbonyl (C=O) groups is 1. The van der Waals surface area contributed by atoms with Gasteiger partial charge in [0.1, 0.15) is 5.82 Å². The number of aryl methyl sites for hydroxylation is 2. The molecular weight excluding hydrogens is 274 g/mol. The van der Waals surface area contributed by atoms with Crippen LogP contribution in [-0.4, -0.2) is 31.6 Å². The Bertz CT molecular complexity index is 610. The summed E-state index contributed by atoms with van der Waals surface area (Å²) in [6.45, 7) is 4.11. The van der Waals surface area contributed by atoms with E-state index < -0.39 is 5.97 Å². The molecule has 0 aliphatic rings. The third kappa shape index (κ3) is 3.19. The number of hydrogen-bond donors (Lipinski definition) is 1. The van der Waals surface area contributed by atoms with Crippen LogP contribution in [0.1, 0.15) is 24.7 Å². The molecule has 0 atom stereocenters. The maximum absolute atomic E-state index is 10.7. The van der Waals surface area contributed by atoms with Crippen molar-refractivity contribution in [2.45, 2.75) is 31.8 Å². The molecule has 0 bridgehead atoms. The van der Waals surface area contributed by atoms with Gasteiger partial charge in [0.2, 0.25) is 0 Å². The summed E-state index contributed by atoms with van der Waals surface area (Å²) in [4.78, 5) is 10.7. The van der Waals surface area contributed by atoms with Crippen LogP contribution in [-0.2, 0) is 11.2 Å². The van der Waals surface area contributed by atoms with E-state index in [2.05, 4.69) is 17.1 Å². The van der Waals surface area contributed by atoms with Crippen LogP contribution in [0.15, 0.2) is 29.4 Å². The van der Waals surface area contributed by atoms with Gasteiger partial charge in [-0.25, -0.2) is 0 Å². The second-order valence-electron chi connectivity index (χ2n) is 4.45. The quantitative estimate of drug-likeness (QED) is 0.829. The van der Waals surface area contributed by atoms with Gasteiger partial charge in [0.15, 0.2) is 5.16 Å². The first-order valence-corrected chi connectivity index (χ1v) is 7.47. The number of benzene rings is 1. The molecule has 0 unspecified atom stereocenters. The molecule has 1 heterocycles. The summed E-state index contributed by atoms with van der Waals surface area (Å²) >= 11 is 1.20. The van der Waals surface area contributed by atoms with Crippen molar-refractivity contribution in [1.82, 2.24) is 14.8 Å². The second-order valence-corrected chi connectivity index (χ2v) is 5.40. The lowest BCUT2D eigenvalue weighted by atomic mass is 10.2. The molecule has 1 aromatic carbocycles. The highest BCUT2D eigenvalue weighted by Gasteiger charge is 2.16. The Hall–Kier alpha value is -1.82. The maximum Gasteiger partial charge on any atom is 0.313 e. The topological polar surface area (TPSA) is 68.0 Å².